The number of nitrogens with one attached hydrogen (secondary N) is 1. The Morgan fingerprint density at radius 1 is 1.35 bits per heavy atom. The summed E-state index contributed by atoms with van der Waals surface area (Å²) >= 11 is 0. The van der Waals surface area contributed by atoms with Gasteiger partial charge < -0.3 is 16.0 Å². The normalized spacial score (nSPS) is 13.5. The van der Waals surface area contributed by atoms with E-state index in [0.29, 0.717) is 11.9 Å². The van der Waals surface area contributed by atoms with Gasteiger partial charge in [-0.25, -0.2) is 0 Å². The highest BCUT2D eigenvalue weighted by atomic mass is 15.1. The highest BCUT2D eigenvalue weighted by Crippen LogP contribution is 2.15. The van der Waals surface area contributed by atoms with Crippen molar-refractivity contribution in [3.8, 4) is 0 Å². The molecule has 3 N–H and O–H groups in total. The van der Waals surface area contributed by atoms with Crippen molar-refractivity contribution in [3.05, 3.63) is 0 Å². The van der Waals surface area contributed by atoms with Crippen LogP contribution in [0.15, 0.2) is 4.99 Å². The molecule has 4 nitrogen and oxygen atoms in total. The molecule has 0 fully saturated rings. The minimum atomic E-state index is 0.161. The zero-order chi connectivity index (χ0) is 13.5. The van der Waals surface area contributed by atoms with E-state index in [0.717, 1.165) is 26.1 Å². The first-order valence-electron chi connectivity index (χ1n) is 6.41. The molecule has 0 amide bonds. The van der Waals surface area contributed by atoms with Crippen LogP contribution in [-0.2, 0) is 0 Å². The van der Waals surface area contributed by atoms with Gasteiger partial charge in [0.25, 0.3) is 0 Å². The second-order valence-electron chi connectivity index (χ2n) is 6.21. The van der Waals surface area contributed by atoms with Gasteiger partial charge in [-0.2, -0.15) is 0 Å². The summed E-state index contributed by atoms with van der Waals surface area (Å²) < 4.78 is 0. The van der Waals surface area contributed by atoms with Crippen LogP contribution in [0.5, 0.6) is 0 Å². The third kappa shape index (κ3) is 10.1. The summed E-state index contributed by atoms with van der Waals surface area (Å²) in [4.78, 5) is 6.58. The molecular weight excluding hydrogens is 212 g/mol. The van der Waals surface area contributed by atoms with Crippen molar-refractivity contribution in [2.75, 3.05) is 33.7 Å². The van der Waals surface area contributed by atoms with Crippen molar-refractivity contribution in [1.82, 2.24) is 10.2 Å². The Morgan fingerprint density at radius 3 is 2.41 bits per heavy atom. The van der Waals surface area contributed by atoms with Gasteiger partial charge >= 0.3 is 0 Å². The summed E-state index contributed by atoms with van der Waals surface area (Å²) in [7, 11) is 4.16. The van der Waals surface area contributed by atoms with Crippen LogP contribution in [-0.4, -0.2) is 44.6 Å². The molecule has 0 spiro atoms. The van der Waals surface area contributed by atoms with Crippen LogP contribution in [0.1, 0.15) is 34.1 Å². The van der Waals surface area contributed by atoms with E-state index < -0.39 is 0 Å². The van der Waals surface area contributed by atoms with E-state index in [-0.39, 0.29) is 5.41 Å². The van der Waals surface area contributed by atoms with Gasteiger partial charge in [-0.05, 0) is 31.8 Å². The molecule has 0 saturated heterocycles. The molecule has 0 aliphatic carbocycles. The van der Waals surface area contributed by atoms with Crippen LogP contribution in [0, 0.1) is 11.3 Å². The van der Waals surface area contributed by atoms with Gasteiger partial charge in [0.15, 0.2) is 5.96 Å². The van der Waals surface area contributed by atoms with Gasteiger partial charge in [0.05, 0.1) is 0 Å². The highest BCUT2D eigenvalue weighted by molar-refractivity contribution is 5.77. The molecule has 0 saturated carbocycles. The predicted molar refractivity (Wildman–Crippen MR) is 76.3 cm³/mol. The fourth-order valence-corrected chi connectivity index (χ4v) is 1.75. The quantitative estimate of drug-likeness (QED) is 0.526. The zero-order valence-electron chi connectivity index (χ0n) is 12.4. The molecule has 102 valence electrons. The molecule has 0 aliphatic rings. The molecule has 0 radical (unpaired) electrons. The number of hydrogen-bond acceptors (Lipinski definition) is 2. The fraction of sp³-hybridized carbons (Fsp3) is 0.923. The summed E-state index contributed by atoms with van der Waals surface area (Å²) in [6.07, 6.45) is 1.12. The molecule has 0 aromatic rings. The minimum absolute atomic E-state index is 0.161. The second kappa shape index (κ2) is 7.54. The summed E-state index contributed by atoms with van der Waals surface area (Å²) in [6, 6.07) is 0. The molecule has 0 aromatic heterocycles. The highest BCUT2D eigenvalue weighted by Gasteiger charge is 2.18. The standard InChI is InChI=1S/C13H30N4/c1-11(2)7-8-15-12(14)16-9-13(3,4)10-17(5)6/h11H,7-10H2,1-6H3,(H3,14,15,16). The fourth-order valence-electron chi connectivity index (χ4n) is 1.75. The summed E-state index contributed by atoms with van der Waals surface area (Å²) in [6.45, 7) is 11.5. The number of guanidine groups is 1. The van der Waals surface area contributed by atoms with Crippen molar-refractivity contribution in [2.45, 2.75) is 34.1 Å². The van der Waals surface area contributed by atoms with Crippen molar-refractivity contribution in [3.63, 3.8) is 0 Å². The number of nitrogens with two attached hydrogens (primary N) is 1. The molecule has 0 rings (SSSR count). The lowest BCUT2D eigenvalue weighted by atomic mass is 9.93. The average Bonchev–Trinajstić information content (AvgIpc) is 2.12. The summed E-state index contributed by atoms with van der Waals surface area (Å²) in [5, 5.41) is 3.15. The first-order chi connectivity index (χ1) is 7.73. The molecule has 0 bridgehead atoms. The SMILES string of the molecule is CC(C)CCNC(N)=NCC(C)(C)CN(C)C. The number of hydrogen-bond donors (Lipinski definition) is 2. The van der Waals surface area contributed by atoms with Gasteiger partial charge in [0.1, 0.15) is 0 Å². The monoisotopic (exact) mass is 242 g/mol. The van der Waals surface area contributed by atoms with Gasteiger partial charge in [-0.1, -0.05) is 27.7 Å². The van der Waals surface area contributed by atoms with Crippen molar-refractivity contribution >= 4 is 5.96 Å². The van der Waals surface area contributed by atoms with E-state index in [9.17, 15) is 0 Å². The molecule has 0 aromatic carbocycles. The molecule has 0 heterocycles. The van der Waals surface area contributed by atoms with Crippen LogP contribution < -0.4 is 11.1 Å². The molecule has 4 heteroatoms. The lowest BCUT2D eigenvalue weighted by Gasteiger charge is -2.26. The average molecular weight is 242 g/mol. The zero-order valence-corrected chi connectivity index (χ0v) is 12.4. The Hall–Kier alpha value is -0.770. The summed E-state index contributed by atoms with van der Waals surface area (Å²) in [5.74, 6) is 1.26. The maximum absolute atomic E-state index is 5.82. The molecule has 0 atom stereocenters. The third-order valence-corrected chi connectivity index (χ3v) is 2.45. The Kier molecular flexibility index (Phi) is 7.19. The van der Waals surface area contributed by atoms with E-state index in [2.05, 4.69) is 57.0 Å². The van der Waals surface area contributed by atoms with E-state index in [1.807, 2.05) is 0 Å². The first-order valence-corrected chi connectivity index (χ1v) is 6.41. The van der Waals surface area contributed by atoms with Crippen LogP contribution in [0.2, 0.25) is 0 Å². The van der Waals surface area contributed by atoms with Crippen LogP contribution >= 0.6 is 0 Å². The second-order valence-corrected chi connectivity index (χ2v) is 6.21. The Labute approximate surface area is 107 Å². The third-order valence-electron chi connectivity index (χ3n) is 2.45. The lowest BCUT2D eigenvalue weighted by Crippen LogP contribution is -2.36. The minimum Gasteiger partial charge on any atom is -0.370 e. The van der Waals surface area contributed by atoms with E-state index in [1.54, 1.807) is 0 Å². The molecule has 0 unspecified atom stereocenters. The Morgan fingerprint density at radius 2 is 1.94 bits per heavy atom. The first kappa shape index (κ1) is 16.2. The van der Waals surface area contributed by atoms with Gasteiger partial charge in [-0.3, -0.25) is 4.99 Å². The van der Waals surface area contributed by atoms with E-state index in [4.69, 9.17) is 5.73 Å². The topological polar surface area (TPSA) is 53.6 Å². The maximum Gasteiger partial charge on any atom is 0.188 e. The number of aliphatic imine (C=N–C) groups is 1. The largest absolute Gasteiger partial charge is 0.370 e. The van der Waals surface area contributed by atoms with Gasteiger partial charge in [0.2, 0.25) is 0 Å². The van der Waals surface area contributed by atoms with Crippen LogP contribution in [0.25, 0.3) is 0 Å². The van der Waals surface area contributed by atoms with Crippen molar-refractivity contribution in [2.24, 2.45) is 22.1 Å². The van der Waals surface area contributed by atoms with Gasteiger partial charge in [0, 0.05) is 19.6 Å². The smallest absolute Gasteiger partial charge is 0.188 e. The van der Waals surface area contributed by atoms with Crippen molar-refractivity contribution in [1.29, 1.82) is 0 Å². The predicted octanol–water partition coefficient (Wildman–Crippen LogP) is 1.52. The number of rotatable bonds is 7. The summed E-state index contributed by atoms with van der Waals surface area (Å²) in [5.41, 5.74) is 5.98. The Balaban J connectivity index is 3.96. The molecule has 0 aliphatic heterocycles. The Bertz CT molecular complexity index is 232. The number of nitrogens with zero attached hydrogens (tertiary/aromatic N) is 2. The van der Waals surface area contributed by atoms with Gasteiger partial charge in [-0.15, -0.1) is 0 Å². The van der Waals surface area contributed by atoms with Crippen LogP contribution in [0.4, 0.5) is 0 Å². The van der Waals surface area contributed by atoms with E-state index >= 15 is 0 Å². The molecule has 17 heavy (non-hydrogen) atoms. The van der Waals surface area contributed by atoms with Crippen LogP contribution in [0.3, 0.4) is 0 Å². The lowest BCUT2D eigenvalue weighted by molar-refractivity contribution is 0.249. The van der Waals surface area contributed by atoms with E-state index in [1.165, 1.54) is 0 Å². The molecular formula is C13H30N4. The van der Waals surface area contributed by atoms with Crippen molar-refractivity contribution < 1.29 is 0 Å². The maximum atomic E-state index is 5.82.